The summed E-state index contributed by atoms with van der Waals surface area (Å²) in [4.78, 5) is 2.31. The van der Waals surface area contributed by atoms with E-state index in [1.807, 2.05) is 12.1 Å². The van der Waals surface area contributed by atoms with Crippen molar-refractivity contribution in [2.24, 2.45) is 0 Å². The molecule has 1 aliphatic rings. The van der Waals surface area contributed by atoms with Crippen molar-refractivity contribution in [2.75, 3.05) is 24.7 Å². The Bertz CT molecular complexity index is 406. The number of rotatable bonds is 2. The van der Waals surface area contributed by atoms with E-state index in [-0.39, 0.29) is 12.1 Å². The second-order valence-corrected chi connectivity index (χ2v) is 5.86. The summed E-state index contributed by atoms with van der Waals surface area (Å²) in [5.74, 6) is 0. The van der Waals surface area contributed by atoms with E-state index < -0.39 is 0 Å². The Balaban J connectivity index is 2.40. The Hall–Kier alpha value is -0.580. The molecule has 1 heterocycles. The minimum Gasteiger partial charge on any atom is -0.392 e. The van der Waals surface area contributed by atoms with E-state index in [1.165, 1.54) is 0 Å². The Morgan fingerprint density at radius 2 is 2.24 bits per heavy atom. The van der Waals surface area contributed by atoms with Crippen LogP contribution in [0, 0.1) is 0 Å². The number of benzene rings is 1. The van der Waals surface area contributed by atoms with Gasteiger partial charge in [-0.25, -0.2) is 0 Å². The van der Waals surface area contributed by atoms with Crippen molar-refractivity contribution < 1.29 is 9.84 Å². The zero-order valence-corrected chi connectivity index (χ0v) is 11.8. The topological polar surface area (TPSA) is 32.7 Å². The molecule has 0 bridgehead atoms. The van der Waals surface area contributed by atoms with Gasteiger partial charge in [-0.05, 0) is 26.0 Å². The molecule has 1 aliphatic heterocycles. The molecule has 0 unspecified atom stereocenters. The molecule has 0 saturated carbocycles. The van der Waals surface area contributed by atoms with Crippen molar-refractivity contribution in [3.05, 3.63) is 28.2 Å². The van der Waals surface area contributed by atoms with E-state index in [4.69, 9.17) is 4.74 Å². The summed E-state index contributed by atoms with van der Waals surface area (Å²) in [6, 6.07) is 5.99. The molecule has 0 atom stereocenters. The Labute approximate surface area is 111 Å². The van der Waals surface area contributed by atoms with Gasteiger partial charge < -0.3 is 14.7 Å². The van der Waals surface area contributed by atoms with Crippen LogP contribution in [0.15, 0.2) is 22.7 Å². The number of morpholine rings is 1. The Kier molecular flexibility index (Phi) is 3.76. The fourth-order valence-corrected chi connectivity index (χ4v) is 2.58. The number of halogens is 1. The molecule has 1 N–H and O–H groups in total. The van der Waals surface area contributed by atoms with Gasteiger partial charge in [0, 0.05) is 22.3 Å². The first-order valence-electron chi connectivity index (χ1n) is 5.79. The van der Waals surface area contributed by atoms with Crippen molar-refractivity contribution in [2.45, 2.75) is 26.0 Å². The molecule has 0 aliphatic carbocycles. The lowest BCUT2D eigenvalue weighted by Gasteiger charge is -2.44. The Morgan fingerprint density at radius 1 is 1.47 bits per heavy atom. The second-order valence-electron chi connectivity index (χ2n) is 4.95. The summed E-state index contributed by atoms with van der Waals surface area (Å²) >= 11 is 3.49. The first-order valence-corrected chi connectivity index (χ1v) is 6.58. The van der Waals surface area contributed by atoms with Crippen molar-refractivity contribution in [3.63, 3.8) is 0 Å². The van der Waals surface area contributed by atoms with Gasteiger partial charge in [-0.3, -0.25) is 0 Å². The average Bonchev–Trinajstić information content (AvgIpc) is 2.28. The van der Waals surface area contributed by atoms with Crippen molar-refractivity contribution in [3.8, 4) is 0 Å². The molecule has 0 radical (unpaired) electrons. The van der Waals surface area contributed by atoms with E-state index in [0.29, 0.717) is 6.61 Å². The molecule has 17 heavy (non-hydrogen) atoms. The lowest BCUT2D eigenvalue weighted by atomic mass is 10.00. The van der Waals surface area contributed by atoms with Gasteiger partial charge >= 0.3 is 0 Å². The van der Waals surface area contributed by atoms with Crippen LogP contribution in [-0.2, 0) is 11.3 Å². The monoisotopic (exact) mass is 299 g/mol. The molecule has 4 heteroatoms. The smallest absolute Gasteiger partial charge is 0.0702 e. The quantitative estimate of drug-likeness (QED) is 0.911. The van der Waals surface area contributed by atoms with Crippen LogP contribution in [0.5, 0.6) is 0 Å². The van der Waals surface area contributed by atoms with Crippen molar-refractivity contribution in [1.29, 1.82) is 0 Å². The summed E-state index contributed by atoms with van der Waals surface area (Å²) in [7, 11) is 0. The number of hydrogen-bond donors (Lipinski definition) is 1. The van der Waals surface area contributed by atoms with E-state index in [1.54, 1.807) is 0 Å². The van der Waals surface area contributed by atoms with E-state index in [9.17, 15) is 5.11 Å². The second kappa shape index (κ2) is 4.96. The molecule has 1 aromatic rings. The molecule has 94 valence electrons. The van der Waals surface area contributed by atoms with Gasteiger partial charge in [0.05, 0.1) is 25.4 Å². The lowest BCUT2D eigenvalue weighted by Crippen LogP contribution is -2.53. The summed E-state index contributed by atoms with van der Waals surface area (Å²) in [6.07, 6.45) is 0. The minimum atomic E-state index is -0.0387. The predicted octanol–water partition coefficient (Wildman–Crippen LogP) is 2.56. The maximum Gasteiger partial charge on any atom is 0.0702 e. The fraction of sp³-hybridized carbons (Fsp3) is 0.538. The van der Waals surface area contributed by atoms with E-state index in [0.717, 1.165) is 28.9 Å². The molecule has 1 aromatic carbocycles. The maximum atomic E-state index is 9.44. The molecular formula is C13H18BrNO2. The highest BCUT2D eigenvalue weighted by Crippen LogP contribution is 2.32. The first kappa shape index (κ1) is 12.9. The zero-order valence-electron chi connectivity index (χ0n) is 10.2. The number of ether oxygens (including phenoxy) is 1. The van der Waals surface area contributed by atoms with Gasteiger partial charge in [0.15, 0.2) is 0 Å². The van der Waals surface area contributed by atoms with Gasteiger partial charge in [0.2, 0.25) is 0 Å². The maximum absolute atomic E-state index is 9.44. The number of aliphatic hydroxyl groups is 1. The summed E-state index contributed by atoms with van der Waals surface area (Å²) in [5, 5.41) is 9.44. The van der Waals surface area contributed by atoms with Crippen LogP contribution < -0.4 is 4.90 Å². The van der Waals surface area contributed by atoms with E-state index >= 15 is 0 Å². The van der Waals surface area contributed by atoms with E-state index in [2.05, 4.69) is 40.7 Å². The highest BCUT2D eigenvalue weighted by Gasteiger charge is 2.31. The number of nitrogens with zero attached hydrogens (tertiary/aromatic N) is 1. The number of anilines is 1. The van der Waals surface area contributed by atoms with Crippen LogP contribution in [-0.4, -0.2) is 30.4 Å². The number of aliphatic hydroxyl groups excluding tert-OH is 1. The van der Waals surface area contributed by atoms with Gasteiger partial charge in [-0.1, -0.05) is 22.0 Å². The third-order valence-corrected chi connectivity index (χ3v) is 3.65. The van der Waals surface area contributed by atoms with Crippen molar-refractivity contribution >= 4 is 21.6 Å². The van der Waals surface area contributed by atoms with Gasteiger partial charge in [-0.15, -0.1) is 0 Å². The standard InChI is InChI=1S/C13H18BrNO2/c1-13(2)9-17-6-5-15(13)12-7-11(14)4-3-10(12)8-16/h3-4,7,16H,5-6,8-9H2,1-2H3. The van der Waals surface area contributed by atoms with Crippen LogP contribution in [0.4, 0.5) is 5.69 Å². The van der Waals surface area contributed by atoms with Gasteiger partial charge in [0.25, 0.3) is 0 Å². The van der Waals surface area contributed by atoms with Gasteiger partial charge in [-0.2, -0.15) is 0 Å². The molecule has 2 rings (SSSR count). The molecular weight excluding hydrogens is 282 g/mol. The fourth-order valence-electron chi connectivity index (χ4n) is 2.23. The lowest BCUT2D eigenvalue weighted by molar-refractivity contribution is 0.0641. The summed E-state index contributed by atoms with van der Waals surface area (Å²) in [6.45, 7) is 6.69. The molecule has 1 fully saturated rings. The van der Waals surface area contributed by atoms with Crippen LogP contribution in [0.1, 0.15) is 19.4 Å². The van der Waals surface area contributed by atoms with Crippen LogP contribution in [0.2, 0.25) is 0 Å². The van der Waals surface area contributed by atoms with Crippen LogP contribution in [0.3, 0.4) is 0 Å². The summed E-state index contributed by atoms with van der Waals surface area (Å²) < 4.78 is 6.56. The van der Waals surface area contributed by atoms with Crippen LogP contribution in [0.25, 0.3) is 0 Å². The first-order chi connectivity index (χ1) is 8.04. The normalized spacial score (nSPS) is 19.4. The van der Waals surface area contributed by atoms with Crippen molar-refractivity contribution in [1.82, 2.24) is 0 Å². The van der Waals surface area contributed by atoms with Crippen LogP contribution >= 0.6 is 15.9 Å². The average molecular weight is 300 g/mol. The molecule has 0 amide bonds. The number of hydrogen-bond acceptors (Lipinski definition) is 3. The third-order valence-electron chi connectivity index (χ3n) is 3.15. The predicted molar refractivity (Wildman–Crippen MR) is 72.3 cm³/mol. The molecule has 0 spiro atoms. The minimum absolute atomic E-state index is 0.0387. The molecule has 1 saturated heterocycles. The highest BCUT2D eigenvalue weighted by molar-refractivity contribution is 9.10. The summed E-state index contributed by atoms with van der Waals surface area (Å²) in [5.41, 5.74) is 2.02. The third kappa shape index (κ3) is 2.64. The molecule has 0 aromatic heterocycles. The van der Waals surface area contributed by atoms with Gasteiger partial charge in [0.1, 0.15) is 0 Å². The Morgan fingerprint density at radius 3 is 2.88 bits per heavy atom. The highest BCUT2D eigenvalue weighted by atomic mass is 79.9. The zero-order chi connectivity index (χ0) is 12.5. The largest absolute Gasteiger partial charge is 0.392 e. The SMILES string of the molecule is CC1(C)COCCN1c1cc(Br)ccc1CO. The molecule has 3 nitrogen and oxygen atoms in total.